The van der Waals surface area contributed by atoms with E-state index in [-0.39, 0.29) is 49.1 Å². The molecule has 4 N–H and O–H groups in total. The van der Waals surface area contributed by atoms with Crippen LogP contribution in [0.1, 0.15) is 25.1 Å². The number of hydrogen-bond donors (Lipinski definition) is 3. The molecule has 0 fully saturated rings. The molecule has 2 aromatic rings. The van der Waals surface area contributed by atoms with Crippen molar-refractivity contribution in [3.05, 3.63) is 59.9 Å². The summed E-state index contributed by atoms with van der Waals surface area (Å²) < 4.78 is 5.67. The number of amides is 2. The van der Waals surface area contributed by atoms with Gasteiger partial charge in [-0.05, 0) is 35.7 Å². The number of carbonyl (C=O) groups is 2. The van der Waals surface area contributed by atoms with Gasteiger partial charge in [0.1, 0.15) is 12.4 Å². The molecule has 0 spiro atoms. The van der Waals surface area contributed by atoms with Gasteiger partial charge in [0.2, 0.25) is 11.8 Å². The molecule has 29 heavy (non-hydrogen) atoms. The van der Waals surface area contributed by atoms with Crippen molar-refractivity contribution in [2.75, 3.05) is 6.54 Å². The Labute approximate surface area is 183 Å². The lowest BCUT2D eigenvalue weighted by Crippen LogP contribution is -2.47. The SMILES string of the molecule is CC(C)[C@H](N)C(=O)NCC(=O)NCc1ccc(OCc2ccccn2)cc1.Cl.Cl. The van der Waals surface area contributed by atoms with Crippen LogP contribution in [0.5, 0.6) is 5.75 Å². The summed E-state index contributed by atoms with van der Waals surface area (Å²) in [5.74, 6) is 0.154. The number of benzene rings is 1. The van der Waals surface area contributed by atoms with Crippen LogP contribution in [0.25, 0.3) is 0 Å². The second kappa shape index (κ2) is 13.8. The fourth-order valence-corrected chi connectivity index (χ4v) is 2.20. The second-order valence-corrected chi connectivity index (χ2v) is 6.52. The molecule has 0 unspecified atom stereocenters. The molecular formula is C20H28Cl2N4O3. The Hall–Kier alpha value is -2.35. The molecule has 0 saturated carbocycles. The van der Waals surface area contributed by atoms with E-state index >= 15 is 0 Å². The zero-order valence-electron chi connectivity index (χ0n) is 16.5. The molecule has 0 saturated heterocycles. The van der Waals surface area contributed by atoms with E-state index in [2.05, 4.69) is 15.6 Å². The molecular weight excluding hydrogens is 415 g/mol. The number of nitrogens with two attached hydrogens (primary N) is 1. The Morgan fingerprint density at radius 1 is 1.07 bits per heavy atom. The lowest BCUT2D eigenvalue weighted by Gasteiger charge is -2.15. The van der Waals surface area contributed by atoms with E-state index in [1.165, 1.54) is 0 Å². The number of hydrogen-bond acceptors (Lipinski definition) is 5. The predicted octanol–water partition coefficient (Wildman–Crippen LogP) is 2.22. The predicted molar refractivity (Wildman–Crippen MR) is 117 cm³/mol. The number of ether oxygens (including phenoxy) is 1. The molecule has 1 heterocycles. The largest absolute Gasteiger partial charge is 0.487 e. The van der Waals surface area contributed by atoms with Gasteiger partial charge in [-0.15, -0.1) is 24.8 Å². The van der Waals surface area contributed by atoms with Gasteiger partial charge in [-0.25, -0.2) is 0 Å². The lowest BCUT2D eigenvalue weighted by atomic mass is 10.1. The molecule has 1 aromatic heterocycles. The molecule has 160 valence electrons. The van der Waals surface area contributed by atoms with Gasteiger partial charge in [-0.1, -0.05) is 32.0 Å². The van der Waals surface area contributed by atoms with Gasteiger partial charge in [0.05, 0.1) is 18.3 Å². The van der Waals surface area contributed by atoms with Crippen molar-refractivity contribution in [1.82, 2.24) is 15.6 Å². The minimum Gasteiger partial charge on any atom is -0.487 e. The second-order valence-electron chi connectivity index (χ2n) is 6.52. The van der Waals surface area contributed by atoms with Crippen molar-refractivity contribution in [1.29, 1.82) is 0 Å². The molecule has 9 heteroatoms. The molecule has 7 nitrogen and oxygen atoms in total. The summed E-state index contributed by atoms with van der Waals surface area (Å²) in [4.78, 5) is 27.8. The first-order chi connectivity index (χ1) is 13.0. The molecule has 1 atom stereocenters. The smallest absolute Gasteiger partial charge is 0.239 e. The van der Waals surface area contributed by atoms with Gasteiger partial charge in [-0.3, -0.25) is 14.6 Å². The van der Waals surface area contributed by atoms with Crippen molar-refractivity contribution in [2.24, 2.45) is 11.7 Å². The number of carbonyl (C=O) groups excluding carboxylic acids is 2. The van der Waals surface area contributed by atoms with Crippen LogP contribution in [-0.2, 0) is 22.7 Å². The average molecular weight is 443 g/mol. The van der Waals surface area contributed by atoms with Crippen molar-refractivity contribution in [3.63, 3.8) is 0 Å². The number of nitrogens with zero attached hydrogens (tertiary/aromatic N) is 1. The van der Waals surface area contributed by atoms with Crippen LogP contribution in [0.3, 0.4) is 0 Å². The van der Waals surface area contributed by atoms with Crippen molar-refractivity contribution in [3.8, 4) is 5.75 Å². The number of aromatic nitrogens is 1. The van der Waals surface area contributed by atoms with Gasteiger partial charge in [0.25, 0.3) is 0 Å². The topological polar surface area (TPSA) is 106 Å². The van der Waals surface area contributed by atoms with Gasteiger partial charge in [-0.2, -0.15) is 0 Å². The fraction of sp³-hybridized carbons (Fsp3) is 0.350. The number of nitrogens with one attached hydrogen (secondary N) is 2. The molecule has 1 aromatic carbocycles. The molecule has 0 radical (unpaired) electrons. The summed E-state index contributed by atoms with van der Waals surface area (Å²) in [6.07, 6.45) is 1.73. The first-order valence-corrected chi connectivity index (χ1v) is 8.87. The van der Waals surface area contributed by atoms with E-state index in [9.17, 15) is 9.59 Å². The van der Waals surface area contributed by atoms with E-state index in [1.54, 1.807) is 6.20 Å². The fourth-order valence-electron chi connectivity index (χ4n) is 2.20. The number of pyridine rings is 1. The monoisotopic (exact) mass is 442 g/mol. The van der Waals surface area contributed by atoms with Gasteiger partial charge in [0, 0.05) is 12.7 Å². The van der Waals surface area contributed by atoms with Crippen LogP contribution in [0.4, 0.5) is 0 Å². The molecule has 0 bridgehead atoms. The van der Waals surface area contributed by atoms with E-state index in [0.717, 1.165) is 17.0 Å². The van der Waals surface area contributed by atoms with Gasteiger partial charge >= 0.3 is 0 Å². The van der Waals surface area contributed by atoms with Gasteiger partial charge in [0.15, 0.2) is 0 Å². The zero-order valence-corrected chi connectivity index (χ0v) is 18.1. The normalized spacial score (nSPS) is 10.9. The molecule has 2 amide bonds. The number of rotatable bonds is 9. The molecule has 0 aliphatic carbocycles. The Kier molecular flexibility index (Phi) is 12.6. The summed E-state index contributed by atoms with van der Waals surface area (Å²) in [6.45, 7) is 4.38. The Morgan fingerprint density at radius 2 is 1.76 bits per heavy atom. The van der Waals surface area contributed by atoms with E-state index in [1.807, 2.05) is 56.3 Å². The third-order valence-electron chi connectivity index (χ3n) is 3.97. The summed E-state index contributed by atoms with van der Waals surface area (Å²) in [7, 11) is 0. The van der Waals surface area contributed by atoms with E-state index < -0.39 is 6.04 Å². The highest BCUT2D eigenvalue weighted by Gasteiger charge is 2.17. The molecule has 0 aliphatic rings. The summed E-state index contributed by atoms with van der Waals surface area (Å²) >= 11 is 0. The quantitative estimate of drug-likeness (QED) is 0.551. The van der Waals surface area contributed by atoms with Crippen molar-refractivity contribution < 1.29 is 14.3 Å². The van der Waals surface area contributed by atoms with Crippen molar-refractivity contribution >= 4 is 36.6 Å². The van der Waals surface area contributed by atoms with Crippen LogP contribution in [0.2, 0.25) is 0 Å². The minimum atomic E-state index is -0.614. The van der Waals surface area contributed by atoms with Crippen LogP contribution >= 0.6 is 24.8 Å². The van der Waals surface area contributed by atoms with Gasteiger partial charge < -0.3 is 21.1 Å². The first kappa shape index (κ1) is 26.6. The maximum absolute atomic E-state index is 11.8. The van der Waals surface area contributed by atoms with Crippen LogP contribution in [0, 0.1) is 5.92 Å². The van der Waals surface area contributed by atoms with Crippen LogP contribution in [-0.4, -0.2) is 29.4 Å². The number of halogens is 2. The molecule has 2 rings (SSSR count). The first-order valence-electron chi connectivity index (χ1n) is 8.87. The van der Waals surface area contributed by atoms with Crippen molar-refractivity contribution in [2.45, 2.75) is 33.0 Å². The average Bonchev–Trinajstić information content (AvgIpc) is 2.69. The van der Waals surface area contributed by atoms with E-state index in [4.69, 9.17) is 10.5 Å². The standard InChI is InChI=1S/C20H26N4O3.2ClH/c1-14(2)19(21)20(26)24-12-18(25)23-11-15-6-8-17(9-7-15)27-13-16-5-3-4-10-22-16;;/h3-10,14,19H,11-13,21H2,1-2H3,(H,23,25)(H,24,26);2*1H/t19-;;/m0../s1. The minimum absolute atomic E-state index is 0. The highest BCUT2D eigenvalue weighted by molar-refractivity contribution is 5.87. The Morgan fingerprint density at radius 3 is 2.34 bits per heavy atom. The lowest BCUT2D eigenvalue weighted by molar-refractivity contribution is -0.127. The van der Waals surface area contributed by atoms with Crippen LogP contribution in [0.15, 0.2) is 48.7 Å². The molecule has 0 aliphatic heterocycles. The third kappa shape index (κ3) is 9.60. The zero-order chi connectivity index (χ0) is 19.6. The maximum Gasteiger partial charge on any atom is 0.239 e. The summed E-state index contributed by atoms with van der Waals surface area (Å²) in [5, 5.41) is 5.29. The highest BCUT2D eigenvalue weighted by Crippen LogP contribution is 2.13. The third-order valence-corrected chi connectivity index (χ3v) is 3.97. The Bertz CT molecular complexity index is 743. The maximum atomic E-state index is 11.8. The summed E-state index contributed by atoms with van der Waals surface area (Å²) in [6, 6.07) is 12.5. The van der Waals surface area contributed by atoms with Crippen LogP contribution < -0.4 is 21.1 Å². The summed E-state index contributed by atoms with van der Waals surface area (Å²) in [5.41, 5.74) is 7.51. The Balaban J connectivity index is 0.00000392. The van der Waals surface area contributed by atoms with E-state index in [0.29, 0.717) is 13.2 Å². The highest BCUT2D eigenvalue weighted by atomic mass is 35.5.